The van der Waals surface area contributed by atoms with Crippen LogP contribution in [-0.2, 0) is 9.59 Å². The number of carbonyl (C=O) groups excluding carboxylic acids is 2. The Morgan fingerprint density at radius 3 is 1.30 bits per heavy atom. The largest absolute Gasteiger partial charge is 0.307 e. The zero-order valence-electron chi connectivity index (χ0n) is 36.6. The Bertz CT molecular complexity index is 1560. The second-order valence-electron chi connectivity index (χ2n) is 17.1. The van der Waals surface area contributed by atoms with E-state index in [1.807, 2.05) is 23.1 Å². The Labute approximate surface area is 342 Å². The number of aryl methyl sites for hydroxylation is 1. The monoisotopic (exact) mass is 767 g/mol. The van der Waals surface area contributed by atoms with Gasteiger partial charge < -0.3 is 9.80 Å². The summed E-state index contributed by atoms with van der Waals surface area (Å²) in [5, 5.41) is 8.45. The molecule has 2 aliphatic heterocycles. The SMILES string of the molecule is CCCCCCCCC(CCCCCC)CN1C(=O)/C(=C2/C(=O)N(CC(CCCCCC)CCCCCCCC)c3cc(/N=N/C)ccc32)c2ccc(C)cc21. The molecule has 310 valence electrons. The number of rotatable bonds is 29. The van der Waals surface area contributed by atoms with E-state index in [9.17, 15) is 4.79 Å². The summed E-state index contributed by atoms with van der Waals surface area (Å²) in [5.41, 5.74) is 6.63. The van der Waals surface area contributed by atoms with Gasteiger partial charge in [-0.2, -0.15) is 10.2 Å². The van der Waals surface area contributed by atoms with Crippen molar-refractivity contribution < 1.29 is 9.59 Å². The topological polar surface area (TPSA) is 65.3 Å². The molecule has 0 fully saturated rings. The molecule has 0 saturated carbocycles. The van der Waals surface area contributed by atoms with Crippen molar-refractivity contribution in [3.63, 3.8) is 0 Å². The molecule has 6 heteroatoms. The van der Waals surface area contributed by atoms with E-state index in [2.05, 4.69) is 67.9 Å². The number of fused-ring (bicyclic) bond motifs is 2. The number of hydrogen-bond acceptors (Lipinski definition) is 4. The molecular formula is C50H78N4O2. The van der Waals surface area contributed by atoms with Gasteiger partial charge in [0, 0.05) is 31.3 Å². The van der Waals surface area contributed by atoms with Crippen LogP contribution in [0.5, 0.6) is 0 Å². The van der Waals surface area contributed by atoms with Crippen molar-refractivity contribution in [1.29, 1.82) is 0 Å². The molecule has 2 atom stereocenters. The number of carbonyl (C=O) groups is 2. The summed E-state index contributed by atoms with van der Waals surface area (Å²) in [5.74, 6) is 0.813. The smallest absolute Gasteiger partial charge is 0.259 e. The lowest BCUT2D eigenvalue weighted by atomic mass is 9.93. The van der Waals surface area contributed by atoms with Crippen molar-refractivity contribution in [3.8, 4) is 0 Å². The van der Waals surface area contributed by atoms with Crippen molar-refractivity contribution in [2.24, 2.45) is 22.1 Å². The number of unbranched alkanes of at least 4 members (excludes halogenated alkanes) is 16. The zero-order chi connectivity index (χ0) is 40.1. The average molecular weight is 767 g/mol. The predicted molar refractivity (Wildman–Crippen MR) is 240 cm³/mol. The quantitative estimate of drug-likeness (QED) is 0.0470. The second kappa shape index (κ2) is 25.2. The van der Waals surface area contributed by atoms with Crippen LogP contribution in [0.25, 0.3) is 11.1 Å². The molecule has 2 unspecified atom stereocenters. The molecule has 0 saturated heterocycles. The van der Waals surface area contributed by atoms with Crippen LogP contribution < -0.4 is 9.80 Å². The molecule has 4 rings (SSSR count). The van der Waals surface area contributed by atoms with Gasteiger partial charge in [-0.3, -0.25) is 9.59 Å². The molecule has 0 N–H and O–H groups in total. The number of nitrogens with zero attached hydrogens (tertiary/aromatic N) is 4. The summed E-state index contributed by atoms with van der Waals surface area (Å²) < 4.78 is 0. The summed E-state index contributed by atoms with van der Waals surface area (Å²) in [6.45, 7) is 12.6. The maximum Gasteiger partial charge on any atom is 0.259 e. The summed E-state index contributed by atoms with van der Waals surface area (Å²) in [6, 6.07) is 12.4. The molecule has 0 aliphatic carbocycles. The molecular weight excluding hydrogens is 689 g/mol. The third kappa shape index (κ3) is 13.1. The molecule has 0 bridgehead atoms. The Morgan fingerprint density at radius 1 is 0.500 bits per heavy atom. The fraction of sp³-hybridized carbons (Fsp3) is 0.680. The van der Waals surface area contributed by atoms with Gasteiger partial charge in [-0.25, -0.2) is 0 Å². The summed E-state index contributed by atoms with van der Waals surface area (Å²) in [4.78, 5) is 34.1. The number of benzene rings is 2. The van der Waals surface area contributed by atoms with Crippen LogP contribution >= 0.6 is 0 Å². The molecule has 2 heterocycles. The van der Waals surface area contributed by atoms with Gasteiger partial charge in [-0.1, -0.05) is 168 Å². The van der Waals surface area contributed by atoms with Gasteiger partial charge in [-0.05, 0) is 74.3 Å². The fourth-order valence-corrected chi connectivity index (χ4v) is 9.09. The molecule has 2 aliphatic rings. The summed E-state index contributed by atoms with van der Waals surface area (Å²) in [6.07, 6.45) is 29.7. The van der Waals surface area contributed by atoms with Crippen LogP contribution in [0.3, 0.4) is 0 Å². The minimum atomic E-state index is -0.0352. The molecule has 2 amide bonds. The first-order valence-electron chi connectivity index (χ1n) is 23.3. The molecule has 0 radical (unpaired) electrons. The van der Waals surface area contributed by atoms with Gasteiger partial charge >= 0.3 is 0 Å². The van der Waals surface area contributed by atoms with Gasteiger partial charge in [-0.15, -0.1) is 0 Å². The Kier molecular flexibility index (Phi) is 20.4. The summed E-state index contributed by atoms with van der Waals surface area (Å²) >= 11 is 0. The van der Waals surface area contributed by atoms with Gasteiger partial charge in [0.05, 0.1) is 28.2 Å². The highest BCUT2D eigenvalue weighted by Gasteiger charge is 2.43. The molecule has 2 aromatic rings. The number of amides is 2. The van der Waals surface area contributed by atoms with Crippen molar-refractivity contribution in [2.45, 2.75) is 189 Å². The lowest BCUT2D eigenvalue weighted by molar-refractivity contribution is -0.114. The Morgan fingerprint density at radius 2 is 0.875 bits per heavy atom. The van der Waals surface area contributed by atoms with Crippen LogP contribution in [0, 0.1) is 18.8 Å². The highest BCUT2D eigenvalue weighted by molar-refractivity contribution is 6.49. The van der Waals surface area contributed by atoms with E-state index in [-0.39, 0.29) is 11.8 Å². The normalized spacial score (nSPS) is 16.4. The molecule has 56 heavy (non-hydrogen) atoms. The highest BCUT2D eigenvalue weighted by Crippen LogP contribution is 2.48. The highest BCUT2D eigenvalue weighted by atomic mass is 16.2. The second-order valence-corrected chi connectivity index (χ2v) is 17.1. The van der Waals surface area contributed by atoms with Crippen LogP contribution in [0.4, 0.5) is 17.1 Å². The third-order valence-electron chi connectivity index (χ3n) is 12.4. The third-order valence-corrected chi connectivity index (χ3v) is 12.4. The van der Waals surface area contributed by atoms with Crippen molar-refractivity contribution in [1.82, 2.24) is 0 Å². The minimum absolute atomic E-state index is 0.0104. The van der Waals surface area contributed by atoms with Gasteiger partial charge in [0.15, 0.2) is 0 Å². The first-order chi connectivity index (χ1) is 27.4. The maximum absolute atomic E-state index is 15.0. The zero-order valence-corrected chi connectivity index (χ0v) is 36.6. The lowest BCUT2D eigenvalue weighted by Gasteiger charge is -2.25. The van der Waals surface area contributed by atoms with E-state index in [0.717, 1.165) is 59.4 Å². The fourth-order valence-electron chi connectivity index (χ4n) is 9.09. The number of anilines is 2. The first kappa shape index (κ1) is 45.4. The standard InChI is InChI=1S/C50H78N4O2/c1-7-11-15-19-21-25-29-40(27-23-17-13-9-3)37-53-45-35-39(5)31-33-43(45)47(49(53)55)48-44-34-32-42(52-51-6)36-46(44)54(50(48)56)38-41(28-24-18-14-10-4)30-26-22-20-16-12-8-2/h31-36,40-41H,7-30,37-38H2,1-6H3/b48-47+,52-51+. The Balaban J connectivity index is 1.68. The average Bonchev–Trinajstić information content (AvgIpc) is 3.61. The minimum Gasteiger partial charge on any atom is -0.307 e. The molecule has 0 spiro atoms. The van der Waals surface area contributed by atoms with Crippen molar-refractivity contribution in [3.05, 3.63) is 53.1 Å². The van der Waals surface area contributed by atoms with Gasteiger partial charge in [0.1, 0.15) is 0 Å². The van der Waals surface area contributed by atoms with Gasteiger partial charge in [0.25, 0.3) is 11.8 Å². The van der Waals surface area contributed by atoms with E-state index in [1.54, 1.807) is 7.05 Å². The van der Waals surface area contributed by atoms with Crippen molar-refractivity contribution >= 4 is 40.0 Å². The summed E-state index contributed by atoms with van der Waals surface area (Å²) in [7, 11) is 1.69. The van der Waals surface area contributed by atoms with E-state index < -0.39 is 0 Å². The Hall–Kier alpha value is -3.28. The van der Waals surface area contributed by atoms with Crippen LogP contribution in [0.2, 0.25) is 0 Å². The van der Waals surface area contributed by atoms with E-state index in [1.165, 1.54) is 128 Å². The molecule has 0 aromatic heterocycles. The van der Waals surface area contributed by atoms with Crippen molar-refractivity contribution in [2.75, 3.05) is 29.9 Å². The molecule has 2 aromatic carbocycles. The molecule has 6 nitrogen and oxygen atoms in total. The van der Waals surface area contributed by atoms with Crippen LogP contribution in [0.15, 0.2) is 46.6 Å². The lowest BCUT2D eigenvalue weighted by Crippen LogP contribution is -2.34. The van der Waals surface area contributed by atoms with Crippen LogP contribution in [-0.4, -0.2) is 32.0 Å². The number of azo groups is 1. The van der Waals surface area contributed by atoms with E-state index in [0.29, 0.717) is 36.1 Å². The van der Waals surface area contributed by atoms with Gasteiger partial charge in [0.2, 0.25) is 0 Å². The predicted octanol–water partition coefficient (Wildman–Crippen LogP) is 15.0. The maximum atomic E-state index is 15.0. The first-order valence-corrected chi connectivity index (χ1v) is 23.3. The van der Waals surface area contributed by atoms with E-state index >= 15 is 4.79 Å². The number of hydrogen-bond donors (Lipinski definition) is 0. The van der Waals surface area contributed by atoms with Crippen LogP contribution in [0.1, 0.15) is 198 Å². The van der Waals surface area contributed by atoms with E-state index in [4.69, 9.17) is 0 Å².